The molecule has 4 nitrogen and oxygen atoms in total. The molecule has 1 aliphatic heterocycles. The van der Waals surface area contributed by atoms with Crippen molar-refractivity contribution in [1.29, 1.82) is 0 Å². The van der Waals surface area contributed by atoms with Crippen LogP contribution >= 0.6 is 11.3 Å². The summed E-state index contributed by atoms with van der Waals surface area (Å²) in [5, 5.41) is 9.66. The second-order valence-electron chi connectivity index (χ2n) is 5.05. The van der Waals surface area contributed by atoms with Gasteiger partial charge in [-0.2, -0.15) is 0 Å². The zero-order chi connectivity index (χ0) is 14.3. The van der Waals surface area contributed by atoms with E-state index in [0.717, 1.165) is 30.9 Å². The van der Waals surface area contributed by atoms with Gasteiger partial charge in [0, 0.05) is 30.9 Å². The molecular formula is C14H15FN2O2S. The molecule has 106 valence electrons. The summed E-state index contributed by atoms with van der Waals surface area (Å²) in [5.74, 6) is -1.25. The SMILES string of the molecule is CN1CCN(c2cc3sc(C(=O)O)cc3cc2F)CC1. The van der Waals surface area contributed by atoms with E-state index in [-0.39, 0.29) is 10.7 Å². The zero-order valence-corrected chi connectivity index (χ0v) is 11.9. The maximum absolute atomic E-state index is 14.2. The molecule has 0 unspecified atom stereocenters. The van der Waals surface area contributed by atoms with Gasteiger partial charge in [0.2, 0.25) is 0 Å². The van der Waals surface area contributed by atoms with Crippen LogP contribution < -0.4 is 4.90 Å². The van der Waals surface area contributed by atoms with Crippen molar-refractivity contribution < 1.29 is 14.3 Å². The molecule has 20 heavy (non-hydrogen) atoms. The standard InChI is InChI=1S/C14H15FN2O2S/c1-16-2-4-17(5-3-16)11-8-12-9(6-10(11)15)7-13(20-12)14(18)19/h6-8H,2-5H2,1H3,(H,18,19). The van der Waals surface area contributed by atoms with Crippen molar-refractivity contribution in [1.82, 2.24) is 4.90 Å². The van der Waals surface area contributed by atoms with Crippen LogP contribution in [0, 0.1) is 5.82 Å². The summed E-state index contributed by atoms with van der Waals surface area (Å²) in [6.07, 6.45) is 0. The molecule has 1 saturated heterocycles. The van der Waals surface area contributed by atoms with Gasteiger partial charge in [-0.25, -0.2) is 9.18 Å². The quantitative estimate of drug-likeness (QED) is 0.924. The van der Waals surface area contributed by atoms with Gasteiger partial charge in [-0.1, -0.05) is 0 Å². The molecule has 0 saturated carbocycles. The molecule has 6 heteroatoms. The minimum absolute atomic E-state index is 0.245. The van der Waals surface area contributed by atoms with Gasteiger partial charge in [-0.15, -0.1) is 11.3 Å². The Labute approximate surface area is 120 Å². The number of fused-ring (bicyclic) bond motifs is 1. The van der Waals surface area contributed by atoms with E-state index in [2.05, 4.69) is 11.9 Å². The van der Waals surface area contributed by atoms with Crippen LogP contribution in [0.1, 0.15) is 9.67 Å². The number of anilines is 1. The summed E-state index contributed by atoms with van der Waals surface area (Å²) in [4.78, 5) is 15.5. The molecule has 0 spiro atoms. The Balaban J connectivity index is 1.98. The zero-order valence-electron chi connectivity index (χ0n) is 11.1. The number of hydrogen-bond donors (Lipinski definition) is 1. The average Bonchev–Trinajstić information content (AvgIpc) is 2.82. The third-order valence-electron chi connectivity index (χ3n) is 3.64. The lowest BCUT2D eigenvalue weighted by Crippen LogP contribution is -2.44. The van der Waals surface area contributed by atoms with E-state index in [1.807, 2.05) is 4.90 Å². The van der Waals surface area contributed by atoms with Crippen molar-refractivity contribution in [3.8, 4) is 0 Å². The molecule has 1 aromatic heterocycles. The summed E-state index contributed by atoms with van der Waals surface area (Å²) in [6.45, 7) is 3.39. The first-order chi connectivity index (χ1) is 9.54. The van der Waals surface area contributed by atoms with Gasteiger partial charge < -0.3 is 14.9 Å². The van der Waals surface area contributed by atoms with E-state index < -0.39 is 5.97 Å². The summed E-state index contributed by atoms with van der Waals surface area (Å²) < 4.78 is 15.0. The van der Waals surface area contributed by atoms with Gasteiger partial charge in [0.1, 0.15) is 10.7 Å². The normalized spacial score (nSPS) is 16.8. The number of piperazine rings is 1. The van der Waals surface area contributed by atoms with Crippen LogP contribution in [0.15, 0.2) is 18.2 Å². The molecule has 1 fully saturated rings. The van der Waals surface area contributed by atoms with E-state index in [0.29, 0.717) is 11.1 Å². The highest BCUT2D eigenvalue weighted by molar-refractivity contribution is 7.20. The van der Waals surface area contributed by atoms with Crippen molar-refractivity contribution >= 4 is 33.1 Å². The summed E-state index contributed by atoms with van der Waals surface area (Å²) in [5.41, 5.74) is 0.574. The van der Waals surface area contributed by atoms with Crippen LogP contribution in [0.25, 0.3) is 10.1 Å². The molecule has 0 bridgehead atoms. The second kappa shape index (κ2) is 5.03. The van der Waals surface area contributed by atoms with E-state index in [4.69, 9.17) is 5.11 Å². The number of benzene rings is 1. The van der Waals surface area contributed by atoms with Crippen LogP contribution in [0.3, 0.4) is 0 Å². The van der Waals surface area contributed by atoms with Crippen molar-refractivity contribution in [2.45, 2.75) is 0 Å². The third-order valence-corrected chi connectivity index (χ3v) is 4.73. The summed E-state index contributed by atoms with van der Waals surface area (Å²) >= 11 is 1.19. The topological polar surface area (TPSA) is 43.8 Å². The Hall–Kier alpha value is -1.66. The Morgan fingerprint density at radius 3 is 2.60 bits per heavy atom. The monoisotopic (exact) mass is 294 g/mol. The average molecular weight is 294 g/mol. The van der Waals surface area contributed by atoms with E-state index in [1.54, 1.807) is 6.07 Å². The number of carboxylic acids is 1. The number of halogens is 1. The molecular weight excluding hydrogens is 279 g/mol. The van der Waals surface area contributed by atoms with E-state index >= 15 is 0 Å². The van der Waals surface area contributed by atoms with E-state index in [1.165, 1.54) is 23.5 Å². The van der Waals surface area contributed by atoms with Crippen LogP contribution in [0.4, 0.5) is 10.1 Å². The number of nitrogens with zero attached hydrogens (tertiary/aromatic N) is 2. The van der Waals surface area contributed by atoms with Crippen LogP contribution in [0.2, 0.25) is 0 Å². The molecule has 2 heterocycles. The Kier molecular flexibility index (Phi) is 3.35. The van der Waals surface area contributed by atoms with Gasteiger partial charge in [0.05, 0.1) is 5.69 Å². The molecule has 0 aliphatic carbocycles. The van der Waals surface area contributed by atoms with Crippen LogP contribution in [-0.4, -0.2) is 49.2 Å². The lowest BCUT2D eigenvalue weighted by molar-refractivity contribution is 0.0702. The van der Waals surface area contributed by atoms with Crippen LogP contribution in [0.5, 0.6) is 0 Å². The molecule has 2 aromatic rings. The van der Waals surface area contributed by atoms with Gasteiger partial charge in [0.25, 0.3) is 0 Å². The maximum Gasteiger partial charge on any atom is 0.345 e. The number of thiophene rings is 1. The fraction of sp³-hybridized carbons (Fsp3) is 0.357. The Morgan fingerprint density at radius 2 is 1.95 bits per heavy atom. The van der Waals surface area contributed by atoms with Crippen molar-refractivity contribution in [3.63, 3.8) is 0 Å². The summed E-state index contributed by atoms with van der Waals surface area (Å²) in [7, 11) is 2.05. The van der Waals surface area contributed by atoms with Crippen molar-refractivity contribution in [2.75, 3.05) is 38.1 Å². The predicted octanol–water partition coefficient (Wildman–Crippen LogP) is 2.49. The highest BCUT2D eigenvalue weighted by atomic mass is 32.1. The van der Waals surface area contributed by atoms with Crippen LogP contribution in [-0.2, 0) is 0 Å². The first kappa shape index (κ1) is 13.3. The van der Waals surface area contributed by atoms with Gasteiger partial charge >= 0.3 is 5.97 Å². The minimum Gasteiger partial charge on any atom is -0.477 e. The lowest BCUT2D eigenvalue weighted by Gasteiger charge is -2.34. The molecule has 3 rings (SSSR count). The molecule has 0 amide bonds. The first-order valence-corrected chi connectivity index (χ1v) is 7.26. The first-order valence-electron chi connectivity index (χ1n) is 6.44. The molecule has 1 N–H and O–H groups in total. The number of hydrogen-bond acceptors (Lipinski definition) is 4. The fourth-order valence-corrected chi connectivity index (χ4v) is 3.36. The van der Waals surface area contributed by atoms with Gasteiger partial charge in [-0.3, -0.25) is 0 Å². The number of carbonyl (C=O) groups is 1. The molecule has 0 atom stereocenters. The summed E-state index contributed by atoms with van der Waals surface area (Å²) in [6, 6.07) is 4.73. The van der Waals surface area contributed by atoms with Crippen molar-refractivity contribution in [2.24, 2.45) is 0 Å². The largest absolute Gasteiger partial charge is 0.477 e. The second-order valence-corrected chi connectivity index (χ2v) is 6.13. The number of rotatable bonds is 2. The number of carboxylic acid groups (broad SMARTS) is 1. The Morgan fingerprint density at radius 1 is 1.25 bits per heavy atom. The highest BCUT2D eigenvalue weighted by Gasteiger charge is 2.19. The molecule has 1 aliphatic rings. The van der Waals surface area contributed by atoms with E-state index in [9.17, 15) is 9.18 Å². The number of aromatic carboxylic acids is 1. The van der Waals surface area contributed by atoms with Gasteiger partial charge in [-0.05, 0) is 30.6 Å². The Bertz CT molecular complexity index is 662. The third kappa shape index (κ3) is 2.36. The molecule has 0 radical (unpaired) electrons. The lowest BCUT2D eigenvalue weighted by atomic mass is 10.2. The number of likely N-dealkylation sites (N-methyl/N-ethyl adjacent to an activating group) is 1. The smallest absolute Gasteiger partial charge is 0.345 e. The predicted molar refractivity (Wildman–Crippen MR) is 78.5 cm³/mol. The highest BCUT2D eigenvalue weighted by Crippen LogP contribution is 2.32. The fourth-order valence-electron chi connectivity index (χ4n) is 2.44. The minimum atomic E-state index is -0.965. The molecule has 1 aromatic carbocycles. The maximum atomic E-state index is 14.2. The van der Waals surface area contributed by atoms with Crippen molar-refractivity contribution in [3.05, 3.63) is 28.9 Å². The van der Waals surface area contributed by atoms with Gasteiger partial charge in [0.15, 0.2) is 0 Å².